The molecule has 7 rings (SSSR count). The molecule has 2 fully saturated rings. The molecule has 0 saturated carbocycles. The van der Waals surface area contributed by atoms with Crippen LogP contribution in [0.25, 0.3) is 39.5 Å². The molecule has 2 aromatic carbocycles. The Balaban J connectivity index is 1.34. The minimum Gasteiger partial charge on any atom is -0.390 e. The number of hydrogen-bond acceptors (Lipinski definition) is 8. The highest BCUT2D eigenvalue weighted by atomic mass is 16.5. The Morgan fingerprint density at radius 3 is 2.33 bits per heavy atom. The molecule has 5 heterocycles. The number of morpholine rings is 1. The predicted octanol–water partition coefficient (Wildman–Crippen LogP) is 4.19. The monoisotopic (exact) mass is 566 g/mol. The van der Waals surface area contributed by atoms with Gasteiger partial charge in [0, 0.05) is 25.7 Å². The van der Waals surface area contributed by atoms with Crippen molar-refractivity contribution in [1.82, 2.24) is 34.0 Å². The normalized spacial score (nSPS) is 17.5. The van der Waals surface area contributed by atoms with Crippen LogP contribution in [-0.4, -0.2) is 84.1 Å². The summed E-state index contributed by atoms with van der Waals surface area (Å²) in [6.45, 7) is 9.26. The zero-order valence-electron chi connectivity index (χ0n) is 24.6. The fourth-order valence-corrected chi connectivity index (χ4v) is 6.32. The molecule has 3 aromatic heterocycles. The van der Waals surface area contributed by atoms with E-state index < -0.39 is 5.60 Å². The van der Waals surface area contributed by atoms with Gasteiger partial charge in [-0.1, -0.05) is 42.5 Å². The Bertz CT molecular complexity index is 1710. The molecule has 1 N–H and O–H groups in total. The maximum absolute atomic E-state index is 10.5. The second kappa shape index (κ2) is 10.8. The SMILES string of the molecule is Cn1c(CN2CCC(C(C)(C)O)CC2)nc2c(N3CCOCC3)nc(-n3c(-c4ccccc4)nc4ccccc43)nc21. The van der Waals surface area contributed by atoms with Crippen LogP contribution in [0.5, 0.6) is 0 Å². The van der Waals surface area contributed by atoms with E-state index in [1.54, 1.807) is 0 Å². The summed E-state index contributed by atoms with van der Waals surface area (Å²) in [5.74, 6) is 3.50. The number of piperidine rings is 1. The number of aliphatic hydroxyl groups is 1. The summed E-state index contributed by atoms with van der Waals surface area (Å²) in [5.41, 5.74) is 3.84. The Kier molecular flexibility index (Phi) is 6.92. The van der Waals surface area contributed by atoms with Gasteiger partial charge in [0.1, 0.15) is 11.6 Å². The molecule has 0 atom stereocenters. The lowest BCUT2D eigenvalue weighted by molar-refractivity contribution is -0.0139. The lowest BCUT2D eigenvalue weighted by Crippen LogP contribution is -2.41. The van der Waals surface area contributed by atoms with Crippen molar-refractivity contribution in [2.45, 2.75) is 38.8 Å². The summed E-state index contributed by atoms with van der Waals surface area (Å²) in [4.78, 5) is 25.2. The van der Waals surface area contributed by atoms with Crippen molar-refractivity contribution in [1.29, 1.82) is 0 Å². The van der Waals surface area contributed by atoms with Crippen LogP contribution in [-0.2, 0) is 18.3 Å². The number of hydrogen-bond donors (Lipinski definition) is 1. The molecule has 10 nitrogen and oxygen atoms in total. The van der Waals surface area contributed by atoms with Gasteiger partial charge in [0.05, 0.1) is 36.4 Å². The molecule has 5 aromatic rings. The van der Waals surface area contributed by atoms with Crippen molar-refractivity contribution in [3.8, 4) is 17.3 Å². The summed E-state index contributed by atoms with van der Waals surface area (Å²) < 4.78 is 9.87. The zero-order chi connectivity index (χ0) is 28.8. The lowest BCUT2D eigenvalue weighted by Gasteiger charge is -2.37. The number of ether oxygens (including phenoxy) is 1. The van der Waals surface area contributed by atoms with E-state index in [1.807, 2.05) is 50.2 Å². The van der Waals surface area contributed by atoms with Crippen LogP contribution in [0.3, 0.4) is 0 Å². The van der Waals surface area contributed by atoms with E-state index in [4.69, 9.17) is 24.7 Å². The van der Waals surface area contributed by atoms with Gasteiger partial charge in [-0.25, -0.2) is 9.97 Å². The molecule has 0 radical (unpaired) electrons. The summed E-state index contributed by atoms with van der Waals surface area (Å²) in [7, 11) is 2.05. The van der Waals surface area contributed by atoms with Crippen molar-refractivity contribution < 1.29 is 9.84 Å². The number of benzene rings is 2. The topological polar surface area (TPSA) is 97.4 Å². The number of aryl methyl sites for hydroxylation is 1. The van der Waals surface area contributed by atoms with Crippen LogP contribution in [0, 0.1) is 5.92 Å². The number of para-hydroxylation sites is 2. The Morgan fingerprint density at radius 1 is 0.881 bits per heavy atom. The van der Waals surface area contributed by atoms with Crippen LogP contribution in [0.2, 0.25) is 0 Å². The average molecular weight is 567 g/mol. The molecule has 2 aliphatic heterocycles. The van der Waals surface area contributed by atoms with Crippen molar-refractivity contribution in [2.24, 2.45) is 13.0 Å². The lowest BCUT2D eigenvalue weighted by atomic mass is 9.83. The van der Waals surface area contributed by atoms with Crippen LogP contribution >= 0.6 is 0 Å². The molecule has 0 amide bonds. The van der Waals surface area contributed by atoms with E-state index in [2.05, 4.69) is 44.2 Å². The molecule has 218 valence electrons. The minimum absolute atomic E-state index is 0.319. The second-order valence-corrected chi connectivity index (χ2v) is 12.0. The Hall–Kier alpha value is -3.86. The molecule has 0 unspecified atom stereocenters. The molecular formula is C32H38N8O2. The molecule has 2 aliphatic rings. The third kappa shape index (κ3) is 4.93. The third-order valence-electron chi connectivity index (χ3n) is 8.84. The number of likely N-dealkylation sites (tertiary alicyclic amines) is 1. The van der Waals surface area contributed by atoms with E-state index in [0.717, 1.165) is 90.8 Å². The highest BCUT2D eigenvalue weighted by Gasteiger charge is 2.31. The van der Waals surface area contributed by atoms with E-state index in [9.17, 15) is 5.11 Å². The summed E-state index contributed by atoms with van der Waals surface area (Å²) in [5, 5.41) is 10.5. The molecule has 42 heavy (non-hydrogen) atoms. The van der Waals surface area contributed by atoms with Gasteiger partial charge in [0.15, 0.2) is 17.0 Å². The first-order chi connectivity index (χ1) is 20.4. The molecule has 2 saturated heterocycles. The van der Waals surface area contributed by atoms with Gasteiger partial charge in [-0.05, 0) is 57.8 Å². The van der Waals surface area contributed by atoms with Gasteiger partial charge in [-0.2, -0.15) is 9.97 Å². The molecule has 0 bridgehead atoms. The summed E-state index contributed by atoms with van der Waals surface area (Å²) >= 11 is 0. The third-order valence-corrected chi connectivity index (χ3v) is 8.84. The maximum atomic E-state index is 10.5. The molecule has 0 spiro atoms. The highest BCUT2D eigenvalue weighted by molar-refractivity contribution is 5.87. The largest absolute Gasteiger partial charge is 0.390 e. The first kappa shape index (κ1) is 27.0. The Labute approximate surface area is 245 Å². The number of imidazole rings is 2. The van der Waals surface area contributed by atoms with Gasteiger partial charge < -0.3 is 19.3 Å². The maximum Gasteiger partial charge on any atom is 0.240 e. The Morgan fingerprint density at radius 2 is 1.60 bits per heavy atom. The first-order valence-corrected chi connectivity index (χ1v) is 14.9. The van der Waals surface area contributed by atoms with E-state index in [0.29, 0.717) is 25.1 Å². The standard InChI is InChI=1S/C32H38N8O2/c1-32(2,41)23-13-15-38(16-14-23)21-26-34-27-29(37(26)3)35-31(36-30(27)39-17-19-42-20-18-39)40-25-12-8-7-11-24(25)33-28(40)22-9-5-4-6-10-22/h4-12,23,41H,13-21H2,1-3H3. The van der Waals surface area contributed by atoms with E-state index in [1.165, 1.54) is 0 Å². The van der Waals surface area contributed by atoms with Crippen molar-refractivity contribution in [3.63, 3.8) is 0 Å². The van der Waals surface area contributed by atoms with Crippen molar-refractivity contribution >= 4 is 28.0 Å². The molecular weight excluding hydrogens is 528 g/mol. The van der Waals surface area contributed by atoms with Crippen LogP contribution < -0.4 is 4.90 Å². The van der Waals surface area contributed by atoms with Crippen LogP contribution in [0.15, 0.2) is 54.6 Å². The molecule has 0 aliphatic carbocycles. The number of rotatable bonds is 6. The fraction of sp³-hybridized carbons (Fsp3) is 0.438. The van der Waals surface area contributed by atoms with Crippen molar-refractivity contribution in [3.05, 3.63) is 60.4 Å². The van der Waals surface area contributed by atoms with Crippen molar-refractivity contribution in [2.75, 3.05) is 44.3 Å². The molecule has 10 heteroatoms. The summed E-state index contributed by atoms with van der Waals surface area (Å²) in [6, 6.07) is 18.4. The quantitative estimate of drug-likeness (QED) is 0.327. The second-order valence-electron chi connectivity index (χ2n) is 12.0. The number of fused-ring (bicyclic) bond motifs is 2. The predicted molar refractivity (Wildman–Crippen MR) is 164 cm³/mol. The number of nitrogens with zero attached hydrogens (tertiary/aromatic N) is 8. The highest BCUT2D eigenvalue weighted by Crippen LogP contribution is 2.32. The minimum atomic E-state index is -0.640. The summed E-state index contributed by atoms with van der Waals surface area (Å²) in [6.07, 6.45) is 1.96. The number of aromatic nitrogens is 6. The fourth-order valence-electron chi connectivity index (χ4n) is 6.32. The van der Waals surface area contributed by atoms with E-state index >= 15 is 0 Å². The van der Waals surface area contributed by atoms with E-state index in [-0.39, 0.29) is 0 Å². The first-order valence-electron chi connectivity index (χ1n) is 14.9. The van der Waals surface area contributed by atoms with Gasteiger partial charge in [-0.3, -0.25) is 9.47 Å². The average Bonchev–Trinajstić information content (AvgIpc) is 3.55. The smallest absolute Gasteiger partial charge is 0.240 e. The van der Waals surface area contributed by atoms with Gasteiger partial charge in [-0.15, -0.1) is 0 Å². The zero-order valence-corrected chi connectivity index (χ0v) is 24.6. The number of anilines is 1. The van der Waals surface area contributed by atoms with Gasteiger partial charge >= 0.3 is 0 Å². The van der Waals surface area contributed by atoms with Gasteiger partial charge in [0.2, 0.25) is 5.95 Å². The van der Waals surface area contributed by atoms with Crippen LogP contribution in [0.1, 0.15) is 32.5 Å². The van der Waals surface area contributed by atoms with Crippen LogP contribution in [0.4, 0.5) is 5.82 Å². The van der Waals surface area contributed by atoms with Gasteiger partial charge in [0.25, 0.3) is 0 Å².